The average Bonchev–Trinajstić information content (AvgIpc) is 3.04. The van der Waals surface area contributed by atoms with Crippen molar-refractivity contribution in [3.63, 3.8) is 0 Å². The number of hydrazone groups is 1. The lowest BCUT2D eigenvalue weighted by atomic mass is 9.95. The monoisotopic (exact) mass is 650 g/mol. The largest absolute Gasteiger partial charge is 0.490 e. The quantitative estimate of drug-likeness (QED) is 0.0642. The van der Waals surface area contributed by atoms with Crippen LogP contribution in [0.4, 0.5) is 16.2 Å². The van der Waals surface area contributed by atoms with Crippen LogP contribution in [0, 0.1) is 20.2 Å². The maximum absolute atomic E-state index is 12.4. The number of carbonyl (C=O) groups excluding carboxylic acids is 2. The molecule has 0 fully saturated rings. The van der Waals surface area contributed by atoms with Crippen molar-refractivity contribution in [3.8, 4) is 23.0 Å². The number of nitrogens with zero attached hydrogens (tertiary/aromatic N) is 3. The third-order valence-electron chi connectivity index (χ3n) is 6.59. The Morgan fingerprint density at radius 1 is 1.04 bits per heavy atom. The van der Waals surface area contributed by atoms with Gasteiger partial charge < -0.3 is 34.7 Å². The smallest absolute Gasteiger partial charge is 0.337 e. The van der Waals surface area contributed by atoms with Crippen molar-refractivity contribution in [1.29, 1.82) is 0 Å². The molecule has 47 heavy (non-hydrogen) atoms. The number of ether oxygens (including phenoxy) is 4. The third kappa shape index (κ3) is 8.28. The molecule has 2 amide bonds. The van der Waals surface area contributed by atoms with E-state index in [2.05, 4.69) is 21.2 Å². The number of hydrogen-bond acceptors (Lipinski definition) is 13. The van der Waals surface area contributed by atoms with Crippen LogP contribution in [-0.2, 0) is 9.53 Å². The molecular weight excluding hydrogens is 620 g/mol. The highest BCUT2D eigenvalue weighted by Gasteiger charge is 2.32. The van der Waals surface area contributed by atoms with Crippen LogP contribution in [0.5, 0.6) is 23.0 Å². The summed E-state index contributed by atoms with van der Waals surface area (Å²) in [5, 5.41) is 42.2. The maximum atomic E-state index is 12.4. The number of esters is 1. The van der Waals surface area contributed by atoms with E-state index in [-0.39, 0.29) is 36.0 Å². The number of hydrogen-bond donors (Lipinski definition) is 4. The molecule has 0 saturated heterocycles. The SMILES string of the molecule is CCOc1cc([C@@H]2NC(=O)NC(C)=C2C(=O)OC)ccc1OC[C@@H](O)N/N=C\c1ccccc1Oc1ccc([N+](=O)[O-])cc1[N+](=O)[O-]. The molecule has 1 aliphatic rings. The Balaban J connectivity index is 1.44. The van der Waals surface area contributed by atoms with Crippen LogP contribution in [0.3, 0.4) is 0 Å². The second-order valence-electron chi connectivity index (χ2n) is 9.72. The summed E-state index contributed by atoms with van der Waals surface area (Å²) >= 11 is 0. The van der Waals surface area contributed by atoms with Gasteiger partial charge in [-0.05, 0) is 49.7 Å². The summed E-state index contributed by atoms with van der Waals surface area (Å²) < 4.78 is 22.0. The van der Waals surface area contributed by atoms with Gasteiger partial charge in [-0.2, -0.15) is 5.10 Å². The van der Waals surface area contributed by atoms with Crippen molar-refractivity contribution in [2.24, 2.45) is 5.10 Å². The lowest BCUT2D eigenvalue weighted by Crippen LogP contribution is -2.45. The van der Waals surface area contributed by atoms with Gasteiger partial charge in [-0.3, -0.25) is 25.7 Å². The van der Waals surface area contributed by atoms with Crippen LogP contribution in [-0.4, -0.2) is 59.7 Å². The number of nitro benzene ring substituents is 2. The number of para-hydroxylation sites is 1. The number of methoxy groups -OCH3 is 1. The summed E-state index contributed by atoms with van der Waals surface area (Å²) in [6.45, 7) is 3.35. The summed E-state index contributed by atoms with van der Waals surface area (Å²) in [5.74, 6) is -0.109. The van der Waals surface area contributed by atoms with Crippen molar-refractivity contribution < 1.29 is 43.5 Å². The Hall–Kier alpha value is -6.23. The molecule has 3 aromatic rings. The van der Waals surface area contributed by atoms with Gasteiger partial charge >= 0.3 is 17.7 Å². The van der Waals surface area contributed by atoms with E-state index >= 15 is 0 Å². The Labute approximate surface area is 267 Å². The van der Waals surface area contributed by atoms with Gasteiger partial charge in [0.1, 0.15) is 12.4 Å². The minimum atomic E-state index is -1.30. The molecule has 0 radical (unpaired) electrons. The fraction of sp³-hybridized carbons (Fsp3) is 0.233. The van der Waals surface area contributed by atoms with E-state index < -0.39 is 45.5 Å². The van der Waals surface area contributed by atoms with Crippen molar-refractivity contribution in [2.45, 2.75) is 26.1 Å². The Morgan fingerprint density at radius 3 is 2.49 bits per heavy atom. The minimum Gasteiger partial charge on any atom is -0.490 e. The number of aliphatic hydroxyl groups is 1. The summed E-state index contributed by atoms with van der Waals surface area (Å²) in [6, 6.07) is 12.9. The first-order valence-electron chi connectivity index (χ1n) is 13.9. The standard InChI is InChI=1S/C30H30N6O11/c1-4-45-25-13-18(28-27(29(38)44-3)17(2)32-30(39)33-28)9-11-24(25)46-16-26(37)34-31-15-19-7-5-6-8-22(19)47-23-12-10-20(35(40)41)14-21(23)36(42)43/h5-15,26,28,34,37H,4,16H2,1-3H3,(H2,32,33,39)/b31-15-/t26-,28+/m1/s1. The fourth-order valence-electron chi connectivity index (χ4n) is 4.46. The van der Waals surface area contributed by atoms with Gasteiger partial charge in [0.2, 0.25) is 5.75 Å². The molecule has 3 aromatic carbocycles. The van der Waals surface area contributed by atoms with Crippen LogP contribution in [0.15, 0.2) is 77.0 Å². The topological polar surface area (TPSA) is 226 Å². The number of amides is 2. The number of carbonyl (C=O) groups is 2. The van der Waals surface area contributed by atoms with E-state index in [4.69, 9.17) is 18.9 Å². The molecule has 0 saturated carbocycles. The minimum absolute atomic E-state index is 0.160. The fourth-order valence-corrected chi connectivity index (χ4v) is 4.46. The highest BCUT2D eigenvalue weighted by molar-refractivity contribution is 5.95. The van der Waals surface area contributed by atoms with Gasteiger partial charge in [-0.15, -0.1) is 0 Å². The molecule has 1 heterocycles. The zero-order valence-corrected chi connectivity index (χ0v) is 25.3. The van der Waals surface area contributed by atoms with Gasteiger partial charge in [-0.25, -0.2) is 9.59 Å². The van der Waals surface area contributed by atoms with Gasteiger partial charge in [0, 0.05) is 17.3 Å². The lowest BCUT2D eigenvalue weighted by molar-refractivity contribution is -0.394. The van der Waals surface area contributed by atoms with Crippen molar-refractivity contribution in [2.75, 3.05) is 20.3 Å². The number of nitrogens with one attached hydrogen (secondary N) is 3. The number of nitro groups is 2. The number of benzene rings is 3. The molecule has 17 heteroatoms. The Morgan fingerprint density at radius 2 is 1.79 bits per heavy atom. The van der Waals surface area contributed by atoms with Gasteiger partial charge in [-0.1, -0.05) is 18.2 Å². The van der Waals surface area contributed by atoms with E-state index in [0.717, 1.165) is 18.2 Å². The molecule has 0 unspecified atom stereocenters. The van der Waals surface area contributed by atoms with Crippen LogP contribution >= 0.6 is 0 Å². The van der Waals surface area contributed by atoms with Crippen molar-refractivity contribution >= 4 is 29.6 Å². The summed E-state index contributed by atoms with van der Waals surface area (Å²) in [5.41, 5.74) is 2.92. The number of rotatable bonds is 14. The number of allylic oxidation sites excluding steroid dienone is 1. The zero-order chi connectivity index (χ0) is 34.1. The molecule has 0 spiro atoms. The number of aliphatic hydroxyl groups excluding tert-OH is 1. The summed E-state index contributed by atoms with van der Waals surface area (Å²) in [7, 11) is 1.24. The molecule has 4 rings (SSSR count). The van der Waals surface area contributed by atoms with Crippen molar-refractivity contribution in [3.05, 3.63) is 103 Å². The van der Waals surface area contributed by atoms with Gasteiger partial charge in [0.25, 0.3) is 5.69 Å². The summed E-state index contributed by atoms with van der Waals surface area (Å²) in [6.07, 6.45) is 0.00206. The molecule has 0 bridgehead atoms. The van der Waals surface area contributed by atoms with Crippen LogP contribution < -0.4 is 30.3 Å². The molecule has 1 aliphatic heterocycles. The molecule has 2 atom stereocenters. The Kier molecular flexibility index (Phi) is 10.9. The van der Waals surface area contributed by atoms with E-state index in [1.165, 1.54) is 19.4 Å². The van der Waals surface area contributed by atoms with Gasteiger partial charge in [0.05, 0.1) is 47.5 Å². The lowest BCUT2D eigenvalue weighted by Gasteiger charge is -2.28. The van der Waals surface area contributed by atoms with E-state index in [9.17, 15) is 34.9 Å². The Bertz CT molecular complexity index is 1740. The first-order valence-corrected chi connectivity index (χ1v) is 13.9. The number of urea groups is 1. The molecule has 246 valence electrons. The van der Waals surface area contributed by atoms with Crippen LogP contribution in [0.2, 0.25) is 0 Å². The number of non-ortho nitro benzene ring substituents is 1. The maximum Gasteiger partial charge on any atom is 0.337 e. The molecule has 4 N–H and O–H groups in total. The molecular formula is C30H30N6O11. The highest BCUT2D eigenvalue weighted by Crippen LogP contribution is 2.36. The first-order chi connectivity index (χ1) is 22.5. The second kappa shape index (κ2) is 15.2. The van der Waals surface area contributed by atoms with E-state index in [1.54, 1.807) is 50.2 Å². The first kappa shape index (κ1) is 33.7. The molecule has 17 nitrogen and oxygen atoms in total. The average molecular weight is 651 g/mol. The van der Waals surface area contributed by atoms with E-state index in [0.29, 0.717) is 22.6 Å². The molecule has 0 aliphatic carbocycles. The molecule has 0 aromatic heterocycles. The normalized spacial score (nSPS) is 14.9. The second-order valence-corrected chi connectivity index (χ2v) is 9.72. The zero-order valence-electron chi connectivity index (χ0n) is 25.3. The predicted molar refractivity (Wildman–Crippen MR) is 165 cm³/mol. The van der Waals surface area contributed by atoms with E-state index in [1.807, 2.05) is 0 Å². The van der Waals surface area contributed by atoms with Crippen LogP contribution in [0.1, 0.15) is 31.0 Å². The summed E-state index contributed by atoms with van der Waals surface area (Å²) in [4.78, 5) is 45.6. The third-order valence-corrected chi connectivity index (χ3v) is 6.59. The highest BCUT2D eigenvalue weighted by atomic mass is 16.6. The van der Waals surface area contributed by atoms with Crippen molar-refractivity contribution in [1.82, 2.24) is 16.1 Å². The van der Waals surface area contributed by atoms with Gasteiger partial charge in [0.15, 0.2) is 17.7 Å². The van der Waals surface area contributed by atoms with Crippen LogP contribution in [0.25, 0.3) is 0 Å². The predicted octanol–water partition coefficient (Wildman–Crippen LogP) is 3.82.